The monoisotopic (exact) mass is 253 g/mol. The number of carbonyl (C=O) groups excluding carboxylic acids is 1. The molecule has 76 valence electrons. The smallest absolute Gasteiger partial charge is 0.316 e. The van der Waals surface area contributed by atoms with Gasteiger partial charge >= 0.3 is 5.97 Å². The van der Waals surface area contributed by atoms with E-state index in [4.69, 9.17) is 23.2 Å². The zero-order valence-corrected chi connectivity index (χ0v) is 9.36. The second-order valence-electron chi connectivity index (χ2n) is 2.04. The Balaban J connectivity index is 2.66. The summed E-state index contributed by atoms with van der Waals surface area (Å²) in [6.07, 6.45) is 0. The molecule has 0 N–H and O–H groups in total. The highest BCUT2D eigenvalue weighted by atomic mass is 35.5. The average Bonchev–Trinajstić information content (AvgIpc) is 2.19. The molecule has 0 saturated heterocycles. The lowest BCUT2D eigenvalue weighted by Gasteiger charge is -2.00. The SMILES string of the molecule is COC(=O)CSc1nc(Cl)nnc1Cl. The van der Waals surface area contributed by atoms with Crippen LogP contribution in [0.4, 0.5) is 0 Å². The quantitative estimate of drug-likeness (QED) is 0.600. The molecule has 0 radical (unpaired) electrons. The predicted molar refractivity (Wildman–Crippen MR) is 52.6 cm³/mol. The van der Waals surface area contributed by atoms with E-state index in [1.54, 1.807) is 0 Å². The molecule has 1 aromatic rings. The van der Waals surface area contributed by atoms with Crippen molar-refractivity contribution >= 4 is 40.9 Å². The van der Waals surface area contributed by atoms with Crippen LogP contribution in [0.2, 0.25) is 10.4 Å². The van der Waals surface area contributed by atoms with Gasteiger partial charge in [0.25, 0.3) is 0 Å². The van der Waals surface area contributed by atoms with E-state index in [2.05, 4.69) is 19.9 Å². The van der Waals surface area contributed by atoms with Crippen molar-refractivity contribution in [3.8, 4) is 0 Å². The van der Waals surface area contributed by atoms with Crippen molar-refractivity contribution in [3.63, 3.8) is 0 Å². The summed E-state index contributed by atoms with van der Waals surface area (Å²) >= 11 is 12.2. The zero-order chi connectivity index (χ0) is 10.6. The van der Waals surface area contributed by atoms with Gasteiger partial charge in [0.2, 0.25) is 5.28 Å². The Hall–Kier alpha value is -0.590. The summed E-state index contributed by atoms with van der Waals surface area (Å²) in [4.78, 5) is 14.6. The van der Waals surface area contributed by atoms with Crippen LogP contribution < -0.4 is 0 Å². The Morgan fingerprint density at radius 3 is 2.86 bits per heavy atom. The topological polar surface area (TPSA) is 65.0 Å². The van der Waals surface area contributed by atoms with Crippen LogP contribution in [0.5, 0.6) is 0 Å². The summed E-state index contributed by atoms with van der Waals surface area (Å²) in [7, 11) is 1.30. The number of aromatic nitrogens is 3. The first-order chi connectivity index (χ1) is 6.63. The van der Waals surface area contributed by atoms with Gasteiger partial charge < -0.3 is 4.74 Å². The van der Waals surface area contributed by atoms with E-state index in [9.17, 15) is 4.79 Å². The Morgan fingerprint density at radius 1 is 1.50 bits per heavy atom. The highest BCUT2D eigenvalue weighted by molar-refractivity contribution is 8.00. The van der Waals surface area contributed by atoms with E-state index in [-0.39, 0.29) is 22.2 Å². The maximum absolute atomic E-state index is 10.8. The molecular formula is C6H5Cl2N3O2S. The number of hydrogen-bond acceptors (Lipinski definition) is 6. The highest BCUT2D eigenvalue weighted by Gasteiger charge is 2.09. The number of hydrogen-bond donors (Lipinski definition) is 0. The third kappa shape index (κ3) is 3.28. The third-order valence-electron chi connectivity index (χ3n) is 1.15. The molecule has 0 aliphatic heterocycles. The number of esters is 1. The lowest BCUT2D eigenvalue weighted by atomic mass is 10.8. The number of halogens is 2. The third-order valence-corrected chi connectivity index (χ3v) is 2.61. The zero-order valence-electron chi connectivity index (χ0n) is 7.03. The van der Waals surface area contributed by atoms with E-state index in [0.717, 1.165) is 11.8 Å². The van der Waals surface area contributed by atoms with Gasteiger partial charge in [-0.25, -0.2) is 4.98 Å². The van der Waals surface area contributed by atoms with Crippen LogP contribution in [0, 0.1) is 0 Å². The molecule has 0 aliphatic rings. The van der Waals surface area contributed by atoms with Crippen molar-refractivity contribution < 1.29 is 9.53 Å². The second kappa shape index (κ2) is 5.33. The van der Waals surface area contributed by atoms with Crippen LogP contribution in [0.25, 0.3) is 0 Å². The fourth-order valence-corrected chi connectivity index (χ4v) is 1.66. The summed E-state index contributed by atoms with van der Waals surface area (Å²) in [6.45, 7) is 0. The van der Waals surface area contributed by atoms with Crippen molar-refractivity contribution in [1.82, 2.24) is 15.2 Å². The molecule has 1 heterocycles. The van der Waals surface area contributed by atoms with Gasteiger partial charge in [-0.2, -0.15) is 0 Å². The van der Waals surface area contributed by atoms with Gasteiger partial charge in [-0.3, -0.25) is 4.79 Å². The molecule has 0 spiro atoms. The number of thioether (sulfide) groups is 1. The molecule has 14 heavy (non-hydrogen) atoms. The minimum atomic E-state index is -0.374. The number of carbonyl (C=O) groups is 1. The standard InChI is InChI=1S/C6H5Cl2N3O2S/c1-13-3(12)2-14-5-4(7)10-11-6(8)9-5/h2H2,1H3. The van der Waals surface area contributed by atoms with Gasteiger partial charge in [-0.15, -0.1) is 10.2 Å². The van der Waals surface area contributed by atoms with Crippen molar-refractivity contribution in [2.24, 2.45) is 0 Å². The molecule has 0 bridgehead atoms. The van der Waals surface area contributed by atoms with Crippen LogP contribution in [0.15, 0.2) is 5.03 Å². The van der Waals surface area contributed by atoms with Crippen LogP contribution in [0.3, 0.4) is 0 Å². The van der Waals surface area contributed by atoms with Crippen LogP contribution in [-0.4, -0.2) is 34.0 Å². The molecule has 1 rings (SSSR count). The molecule has 0 fully saturated rings. The largest absolute Gasteiger partial charge is 0.468 e. The van der Waals surface area contributed by atoms with Gasteiger partial charge in [0.1, 0.15) is 5.03 Å². The Kier molecular flexibility index (Phi) is 4.37. The Morgan fingerprint density at radius 2 is 2.21 bits per heavy atom. The Bertz CT molecular complexity index is 350. The molecule has 0 amide bonds. The highest BCUT2D eigenvalue weighted by Crippen LogP contribution is 2.23. The average molecular weight is 254 g/mol. The maximum Gasteiger partial charge on any atom is 0.316 e. The fourth-order valence-electron chi connectivity index (χ4n) is 0.558. The van der Waals surface area contributed by atoms with E-state index in [1.165, 1.54) is 7.11 Å². The van der Waals surface area contributed by atoms with Crippen LogP contribution in [0.1, 0.15) is 0 Å². The van der Waals surface area contributed by atoms with Crippen molar-refractivity contribution in [2.75, 3.05) is 12.9 Å². The molecular weight excluding hydrogens is 249 g/mol. The number of ether oxygens (including phenoxy) is 1. The minimum Gasteiger partial charge on any atom is -0.468 e. The molecule has 0 atom stereocenters. The number of nitrogens with zero attached hydrogens (tertiary/aromatic N) is 3. The predicted octanol–water partition coefficient (Wildman–Crippen LogP) is 1.44. The van der Waals surface area contributed by atoms with Gasteiger partial charge in [-0.1, -0.05) is 23.4 Å². The molecule has 8 heteroatoms. The molecule has 0 aliphatic carbocycles. The summed E-state index contributed by atoms with van der Waals surface area (Å²) in [6, 6.07) is 0. The first-order valence-electron chi connectivity index (χ1n) is 3.39. The van der Waals surface area contributed by atoms with Crippen molar-refractivity contribution in [3.05, 3.63) is 10.4 Å². The van der Waals surface area contributed by atoms with Gasteiger partial charge in [0, 0.05) is 0 Å². The van der Waals surface area contributed by atoms with Gasteiger partial charge in [0.15, 0.2) is 5.15 Å². The number of rotatable bonds is 3. The lowest BCUT2D eigenvalue weighted by molar-refractivity contribution is -0.137. The summed E-state index contributed by atoms with van der Waals surface area (Å²) < 4.78 is 4.44. The summed E-state index contributed by atoms with van der Waals surface area (Å²) in [5, 5.41) is 7.42. The normalized spacial score (nSPS) is 9.93. The lowest BCUT2D eigenvalue weighted by Crippen LogP contribution is -2.04. The molecule has 0 saturated carbocycles. The first-order valence-corrected chi connectivity index (χ1v) is 5.13. The van der Waals surface area contributed by atoms with Crippen molar-refractivity contribution in [1.29, 1.82) is 0 Å². The second-order valence-corrected chi connectivity index (χ2v) is 3.70. The van der Waals surface area contributed by atoms with E-state index in [0.29, 0.717) is 5.03 Å². The molecule has 1 aromatic heterocycles. The maximum atomic E-state index is 10.8. The van der Waals surface area contributed by atoms with Gasteiger partial charge in [-0.05, 0) is 11.6 Å². The number of methoxy groups -OCH3 is 1. The molecule has 0 unspecified atom stereocenters. The van der Waals surface area contributed by atoms with E-state index in [1.807, 2.05) is 0 Å². The van der Waals surface area contributed by atoms with Crippen LogP contribution >= 0.6 is 35.0 Å². The first kappa shape index (κ1) is 11.5. The van der Waals surface area contributed by atoms with Gasteiger partial charge in [0.05, 0.1) is 12.9 Å². The van der Waals surface area contributed by atoms with E-state index < -0.39 is 0 Å². The minimum absolute atomic E-state index is 0.0123. The van der Waals surface area contributed by atoms with Crippen LogP contribution in [-0.2, 0) is 9.53 Å². The fraction of sp³-hybridized carbons (Fsp3) is 0.333. The Labute approximate surface area is 94.2 Å². The summed E-state index contributed by atoms with van der Waals surface area (Å²) in [5.74, 6) is -0.272. The van der Waals surface area contributed by atoms with Crippen molar-refractivity contribution in [2.45, 2.75) is 5.03 Å². The van der Waals surface area contributed by atoms with E-state index >= 15 is 0 Å². The molecule has 5 nitrogen and oxygen atoms in total. The summed E-state index contributed by atoms with van der Waals surface area (Å²) in [5.41, 5.74) is 0. The molecule has 0 aromatic carbocycles.